The van der Waals surface area contributed by atoms with Crippen molar-refractivity contribution in [2.45, 2.75) is 27.3 Å². The minimum absolute atomic E-state index is 0.157. The van der Waals surface area contributed by atoms with E-state index in [0.717, 1.165) is 11.3 Å². The zero-order valence-electron chi connectivity index (χ0n) is 7.09. The quantitative estimate of drug-likeness (QED) is 0.598. The van der Waals surface area contributed by atoms with Crippen LogP contribution >= 0.6 is 0 Å². The first-order chi connectivity index (χ1) is 5.15. The average molecular weight is 152 g/mol. The molecule has 11 heavy (non-hydrogen) atoms. The van der Waals surface area contributed by atoms with Crippen LogP contribution < -0.4 is 5.69 Å². The molecule has 0 N–H and O–H groups in total. The Morgan fingerprint density at radius 1 is 1.55 bits per heavy atom. The fourth-order valence-electron chi connectivity index (χ4n) is 0.905. The van der Waals surface area contributed by atoms with Crippen LogP contribution in [0.5, 0.6) is 0 Å². The van der Waals surface area contributed by atoms with E-state index in [1.54, 1.807) is 4.57 Å². The van der Waals surface area contributed by atoms with E-state index < -0.39 is 0 Å². The van der Waals surface area contributed by atoms with Gasteiger partial charge in [0, 0.05) is 18.4 Å². The normalized spacial score (nSPS) is 10.1. The summed E-state index contributed by atoms with van der Waals surface area (Å²) in [6.07, 6.45) is 1.84. The molecule has 60 valence electrons. The fraction of sp³-hybridized carbons (Fsp3) is 0.500. The van der Waals surface area contributed by atoms with Gasteiger partial charge in [0.05, 0.1) is 0 Å². The summed E-state index contributed by atoms with van der Waals surface area (Å²) in [4.78, 5) is 14.9. The Morgan fingerprint density at radius 3 is 2.73 bits per heavy atom. The molecule has 0 aliphatic rings. The molecule has 0 atom stereocenters. The van der Waals surface area contributed by atoms with Gasteiger partial charge in [-0.25, -0.2) is 4.79 Å². The molecule has 0 saturated carbocycles. The molecule has 1 aromatic heterocycles. The maximum atomic E-state index is 11.1. The van der Waals surface area contributed by atoms with Gasteiger partial charge in [0.1, 0.15) is 0 Å². The van der Waals surface area contributed by atoms with Crippen molar-refractivity contribution in [1.29, 1.82) is 0 Å². The van der Waals surface area contributed by atoms with Crippen LogP contribution in [0.25, 0.3) is 0 Å². The van der Waals surface area contributed by atoms with E-state index in [1.165, 1.54) is 0 Å². The highest BCUT2D eigenvalue weighted by Gasteiger charge is 1.97. The summed E-state index contributed by atoms with van der Waals surface area (Å²) in [6, 6.07) is 0. The first-order valence-electron chi connectivity index (χ1n) is 3.70. The Kier molecular flexibility index (Phi) is 2.08. The lowest BCUT2D eigenvalue weighted by molar-refractivity contribution is 0.687. The summed E-state index contributed by atoms with van der Waals surface area (Å²) in [5.41, 5.74) is 1.72. The molecule has 1 heterocycles. The van der Waals surface area contributed by atoms with Crippen LogP contribution in [0.4, 0.5) is 0 Å². The molecule has 0 aliphatic heterocycles. The highest BCUT2D eigenvalue weighted by molar-refractivity contribution is 5.11. The molecule has 1 aromatic rings. The van der Waals surface area contributed by atoms with E-state index in [1.807, 2.05) is 27.0 Å². The molecule has 0 saturated heterocycles. The average Bonchev–Trinajstić information content (AvgIpc) is 1.97. The minimum Gasteiger partial charge on any atom is -0.299 e. The van der Waals surface area contributed by atoms with Crippen molar-refractivity contribution in [3.8, 4) is 0 Å². The first kappa shape index (κ1) is 7.98. The third kappa shape index (κ3) is 1.48. The molecule has 0 bridgehead atoms. The van der Waals surface area contributed by atoms with E-state index >= 15 is 0 Å². The Hall–Kier alpha value is -1.12. The van der Waals surface area contributed by atoms with Gasteiger partial charge in [-0.1, -0.05) is 0 Å². The van der Waals surface area contributed by atoms with Crippen LogP contribution in [0.15, 0.2) is 11.0 Å². The highest BCUT2D eigenvalue weighted by Crippen LogP contribution is 1.97. The predicted molar refractivity (Wildman–Crippen MR) is 43.6 cm³/mol. The minimum atomic E-state index is -0.157. The van der Waals surface area contributed by atoms with Gasteiger partial charge in [-0.15, -0.1) is 0 Å². The van der Waals surface area contributed by atoms with E-state index in [0.29, 0.717) is 6.54 Å². The fourth-order valence-corrected chi connectivity index (χ4v) is 0.905. The smallest absolute Gasteiger partial charge is 0.299 e. The summed E-state index contributed by atoms with van der Waals surface area (Å²) in [5.74, 6) is 0. The van der Waals surface area contributed by atoms with Crippen molar-refractivity contribution < 1.29 is 0 Å². The lowest BCUT2D eigenvalue weighted by Gasteiger charge is -2.03. The zero-order valence-corrected chi connectivity index (χ0v) is 7.09. The van der Waals surface area contributed by atoms with Gasteiger partial charge in [-0.05, 0) is 26.3 Å². The molecule has 0 spiro atoms. The van der Waals surface area contributed by atoms with Crippen molar-refractivity contribution in [1.82, 2.24) is 9.55 Å². The molecule has 3 nitrogen and oxygen atoms in total. The third-order valence-corrected chi connectivity index (χ3v) is 1.77. The molecular weight excluding hydrogens is 140 g/mol. The van der Waals surface area contributed by atoms with Crippen molar-refractivity contribution in [3.05, 3.63) is 27.9 Å². The second-order valence-electron chi connectivity index (χ2n) is 2.58. The Balaban J connectivity index is 3.32. The molecule has 0 radical (unpaired) electrons. The number of hydrogen-bond donors (Lipinski definition) is 0. The third-order valence-electron chi connectivity index (χ3n) is 1.77. The molecule has 1 rings (SSSR count). The molecule has 0 aliphatic carbocycles. The van der Waals surface area contributed by atoms with Crippen LogP contribution in [0.2, 0.25) is 0 Å². The zero-order chi connectivity index (χ0) is 8.43. The summed E-state index contributed by atoms with van der Waals surface area (Å²) < 4.78 is 1.60. The van der Waals surface area contributed by atoms with Gasteiger partial charge >= 0.3 is 5.69 Å². The first-order valence-corrected chi connectivity index (χ1v) is 3.70. The Labute approximate surface area is 65.7 Å². The molecule has 3 heteroatoms. The number of aromatic nitrogens is 2. The highest BCUT2D eigenvalue weighted by atomic mass is 16.1. The maximum Gasteiger partial charge on any atom is 0.347 e. The number of hydrogen-bond acceptors (Lipinski definition) is 2. The second kappa shape index (κ2) is 2.86. The Morgan fingerprint density at radius 2 is 2.18 bits per heavy atom. The van der Waals surface area contributed by atoms with Gasteiger partial charge < -0.3 is 0 Å². The van der Waals surface area contributed by atoms with Crippen molar-refractivity contribution >= 4 is 0 Å². The van der Waals surface area contributed by atoms with Crippen molar-refractivity contribution in [2.24, 2.45) is 0 Å². The van der Waals surface area contributed by atoms with E-state index in [2.05, 4.69) is 4.98 Å². The summed E-state index contributed by atoms with van der Waals surface area (Å²) in [5, 5.41) is 0. The van der Waals surface area contributed by atoms with Crippen molar-refractivity contribution in [3.63, 3.8) is 0 Å². The monoisotopic (exact) mass is 152 g/mol. The van der Waals surface area contributed by atoms with Crippen LogP contribution in [0.3, 0.4) is 0 Å². The number of nitrogens with zero attached hydrogens (tertiary/aromatic N) is 2. The van der Waals surface area contributed by atoms with Gasteiger partial charge in [-0.2, -0.15) is 4.98 Å². The van der Waals surface area contributed by atoms with Crippen LogP contribution in [-0.4, -0.2) is 9.55 Å². The van der Waals surface area contributed by atoms with E-state index in [9.17, 15) is 4.79 Å². The van der Waals surface area contributed by atoms with Gasteiger partial charge in [-0.3, -0.25) is 4.57 Å². The number of aryl methyl sites for hydroxylation is 3. The number of rotatable bonds is 1. The van der Waals surface area contributed by atoms with Crippen LogP contribution in [-0.2, 0) is 6.54 Å². The lowest BCUT2D eigenvalue weighted by atomic mass is 10.3. The van der Waals surface area contributed by atoms with Gasteiger partial charge in [0.15, 0.2) is 0 Å². The van der Waals surface area contributed by atoms with Crippen molar-refractivity contribution in [2.75, 3.05) is 0 Å². The van der Waals surface area contributed by atoms with E-state index in [-0.39, 0.29) is 5.69 Å². The molecule has 0 amide bonds. The van der Waals surface area contributed by atoms with Crippen LogP contribution in [0, 0.1) is 13.8 Å². The molecular formula is C8H12N2O. The standard InChI is InChI=1S/C8H12N2O/c1-4-10-5-6(2)7(3)9-8(10)11/h5H,4H2,1-3H3. The maximum absolute atomic E-state index is 11.1. The summed E-state index contributed by atoms with van der Waals surface area (Å²) >= 11 is 0. The summed E-state index contributed by atoms with van der Waals surface area (Å²) in [7, 11) is 0. The lowest BCUT2D eigenvalue weighted by Crippen LogP contribution is -2.22. The molecule has 0 unspecified atom stereocenters. The Bertz CT molecular complexity index is 314. The van der Waals surface area contributed by atoms with E-state index in [4.69, 9.17) is 0 Å². The summed E-state index contributed by atoms with van der Waals surface area (Å²) in [6.45, 7) is 6.41. The van der Waals surface area contributed by atoms with Crippen LogP contribution in [0.1, 0.15) is 18.2 Å². The largest absolute Gasteiger partial charge is 0.347 e. The van der Waals surface area contributed by atoms with Gasteiger partial charge in [0.2, 0.25) is 0 Å². The topological polar surface area (TPSA) is 34.9 Å². The second-order valence-corrected chi connectivity index (χ2v) is 2.58. The van der Waals surface area contributed by atoms with Gasteiger partial charge in [0.25, 0.3) is 0 Å². The molecule has 0 aromatic carbocycles. The predicted octanol–water partition coefficient (Wildman–Crippen LogP) is 0.880. The SMILES string of the molecule is CCn1cc(C)c(C)nc1=O. The molecule has 0 fully saturated rings.